The van der Waals surface area contributed by atoms with Gasteiger partial charge in [-0.15, -0.1) is 0 Å². The Morgan fingerprint density at radius 1 is 1.13 bits per heavy atom. The Bertz CT molecular complexity index is 641. The van der Waals surface area contributed by atoms with Crippen molar-refractivity contribution < 1.29 is 24.3 Å². The highest BCUT2D eigenvalue weighted by Crippen LogP contribution is 2.10. The van der Waals surface area contributed by atoms with Crippen LogP contribution in [-0.2, 0) is 20.8 Å². The molecule has 1 aromatic carbocycles. The van der Waals surface area contributed by atoms with Crippen LogP contribution < -0.4 is 5.32 Å². The molecule has 1 saturated heterocycles. The van der Waals surface area contributed by atoms with Crippen LogP contribution in [0.1, 0.15) is 12.5 Å². The number of carbonyl (C=O) groups excluding carboxylic acids is 4. The van der Waals surface area contributed by atoms with Crippen LogP contribution in [0.2, 0.25) is 0 Å². The van der Waals surface area contributed by atoms with E-state index in [1.54, 1.807) is 19.1 Å². The summed E-state index contributed by atoms with van der Waals surface area (Å²) in [4.78, 5) is 49.4. The van der Waals surface area contributed by atoms with E-state index in [9.17, 15) is 19.2 Å². The first-order valence-electron chi connectivity index (χ1n) is 7.15. The van der Waals surface area contributed by atoms with Gasteiger partial charge in [-0.1, -0.05) is 12.1 Å². The number of likely N-dealkylation sites (N-methyl/N-ethyl adjacent to an activating group) is 1. The maximum absolute atomic E-state index is 12.0. The summed E-state index contributed by atoms with van der Waals surface area (Å²) in [6.45, 7) is 2.43. The van der Waals surface area contributed by atoms with Crippen molar-refractivity contribution in [2.75, 3.05) is 19.6 Å². The molecule has 122 valence electrons. The van der Waals surface area contributed by atoms with Crippen molar-refractivity contribution in [2.24, 2.45) is 0 Å². The second kappa shape index (κ2) is 6.91. The highest BCUT2D eigenvalue weighted by atomic mass is 16.3. The van der Waals surface area contributed by atoms with Crippen LogP contribution in [0, 0.1) is 0 Å². The van der Waals surface area contributed by atoms with E-state index in [1.807, 2.05) is 0 Å². The topological polar surface area (TPSA) is 107 Å². The SMILES string of the molecule is CCN1CCN(C(=O)NC(=O)Cc2ccc(O)cc2)C(=O)C1=O. The van der Waals surface area contributed by atoms with E-state index < -0.39 is 23.8 Å². The highest BCUT2D eigenvalue weighted by molar-refractivity contribution is 6.38. The van der Waals surface area contributed by atoms with Crippen LogP contribution in [0.25, 0.3) is 0 Å². The number of phenols is 1. The van der Waals surface area contributed by atoms with Crippen molar-refractivity contribution in [3.63, 3.8) is 0 Å². The third-order valence-corrected chi connectivity index (χ3v) is 3.48. The number of nitrogens with one attached hydrogen (secondary N) is 1. The maximum Gasteiger partial charge on any atom is 0.331 e. The summed E-state index contributed by atoms with van der Waals surface area (Å²) in [6.07, 6.45) is -0.0803. The molecule has 8 heteroatoms. The van der Waals surface area contributed by atoms with Gasteiger partial charge in [0.25, 0.3) is 0 Å². The zero-order chi connectivity index (χ0) is 17.0. The number of aromatic hydroxyl groups is 1. The molecule has 0 aliphatic carbocycles. The fourth-order valence-electron chi connectivity index (χ4n) is 2.20. The predicted molar refractivity (Wildman–Crippen MR) is 79.3 cm³/mol. The summed E-state index contributed by atoms with van der Waals surface area (Å²) in [7, 11) is 0. The fraction of sp³-hybridized carbons (Fsp3) is 0.333. The molecule has 0 aromatic heterocycles. The Labute approximate surface area is 132 Å². The second-order valence-corrected chi connectivity index (χ2v) is 5.04. The molecule has 1 aliphatic heterocycles. The van der Waals surface area contributed by atoms with E-state index in [1.165, 1.54) is 17.0 Å². The van der Waals surface area contributed by atoms with Crippen LogP contribution in [0.3, 0.4) is 0 Å². The van der Waals surface area contributed by atoms with Gasteiger partial charge >= 0.3 is 17.8 Å². The Morgan fingerprint density at radius 3 is 2.39 bits per heavy atom. The van der Waals surface area contributed by atoms with Crippen LogP contribution in [0.15, 0.2) is 24.3 Å². The lowest BCUT2D eigenvalue weighted by Crippen LogP contribution is -2.58. The highest BCUT2D eigenvalue weighted by Gasteiger charge is 2.35. The summed E-state index contributed by atoms with van der Waals surface area (Å²) in [6, 6.07) is 5.05. The molecule has 2 N–H and O–H groups in total. The van der Waals surface area contributed by atoms with Crippen molar-refractivity contribution in [3.8, 4) is 5.75 Å². The van der Waals surface area contributed by atoms with Crippen LogP contribution in [0.4, 0.5) is 4.79 Å². The first kappa shape index (κ1) is 16.5. The fourth-order valence-corrected chi connectivity index (χ4v) is 2.20. The molecule has 0 spiro atoms. The second-order valence-electron chi connectivity index (χ2n) is 5.04. The van der Waals surface area contributed by atoms with Gasteiger partial charge in [0.15, 0.2) is 0 Å². The van der Waals surface area contributed by atoms with Crippen LogP contribution in [-0.4, -0.2) is 58.3 Å². The van der Waals surface area contributed by atoms with Crippen molar-refractivity contribution in [3.05, 3.63) is 29.8 Å². The zero-order valence-corrected chi connectivity index (χ0v) is 12.6. The van der Waals surface area contributed by atoms with E-state index >= 15 is 0 Å². The van der Waals surface area contributed by atoms with Gasteiger partial charge in [0.2, 0.25) is 5.91 Å². The lowest BCUT2D eigenvalue weighted by molar-refractivity contribution is -0.153. The molecule has 0 saturated carbocycles. The minimum Gasteiger partial charge on any atom is -0.508 e. The number of piperazine rings is 1. The van der Waals surface area contributed by atoms with Crippen LogP contribution in [0.5, 0.6) is 5.75 Å². The molecule has 2 rings (SSSR count). The van der Waals surface area contributed by atoms with Gasteiger partial charge in [0.1, 0.15) is 5.75 Å². The Hall–Kier alpha value is -2.90. The smallest absolute Gasteiger partial charge is 0.331 e. The maximum atomic E-state index is 12.0. The third-order valence-electron chi connectivity index (χ3n) is 3.48. The van der Waals surface area contributed by atoms with E-state index in [0.717, 1.165) is 4.90 Å². The number of amides is 5. The number of benzene rings is 1. The van der Waals surface area contributed by atoms with E-state index in [4.69, 9.17) is 5.11 Å². The predicted octanol–water partition coefficient (Wildman–Crippen LogP) is -0.138. The molecule has 0 bridgehead atoms. The molecule has 1 heterocycles. The van der Waals surface area contributed by atoms with Crippen LogP contribution >= 0.6 is 0 Å². The lowest BCUT2D eigenvalue weighted by Gasteiger charge is -2.31. The first-order chi connectivity index (χ1) is 10.9. The van der Waals surface area contributed by atoms with E-state index in [-0.39, 0.29) is 25.3 Å². The third kappa shape index (κ3) is 3.85. The molecule has 5 amide bonds. The van der Waals surface area contributed by atoms with Gasteiger partial charge < -0.3 is 10.0 Å². The minimum absolute atomic E-state index is 0.0523. The Balaban J connectivity index is 1.93. The van der Waals surface area contributed by atoms with E-state index in [0.29, 0.717) is 12.1 Å². The summed E-state index contributed by atoms with van der Waals surface area (Å²) < 4.78 is 0. The molecule has 1 aliphatic rings. The first-order valence-corrected chi connectivity index (χ1v) is 7.15. The van der Waals surface area contributed by atoms with Crippen molar-refractivity contribution in [1.29, 1.82) is 0 Å². The van der Waals surface area contributed by atoms with Gasteiger partial charge in [-0.05, 0) is 24.6 Å². The standard InChI is InChI=1S/C15H17N3O5/c1-2-17-7-8-18(14(22)13(17)21)15(23)16-12(20)9-10-3-5-11(19)6-4-10/h3-6,19H,2,7-9H2,1H3,(H,16,20,23). The molecule has 0 unspecified atom stereocenters. The largest absolute Gasteiger partial charge is 0.508 e. The number of imide groups is 2. The van der Waals surface area contributed by atoms with Gasteiger partial charge in [0.05, 0.1) is 6.42 Å². The number of hydrogen-bond acceptors (Lipinski definition) is 5. The average Bonchev–Trinajstić information content (AvgIpc) is 2.52. The summed E-state index contributed by atoms with van der Waals surface area (Å²) in [5.41, 5.74) is 0.603. The van der Waals surface area contributed by atoms with Gasteiger partial charge in [-0.3, -0.25) is 24.6 Å². The molecule has 23 heavy (non-hydrogen) atoms. The minimum atomic E-state index is -0.937. The molecule has 1 aromatic rings. The quantitative estimate of drug-likeness (QED) is 0.754. The Kier molecular flexibility index (Phi) is 4.95. The molecule has 0 radical (unpaired) electrons. The van der Waals surface area contributed by atoms with Crippen molar-refractivity contribution in [2.45, 2.75) is 13.3 Å². The Morgan fingerprint density at radius 2 is 1.78 bits per heavy atom. The van der Waals surface area contributed by atoms with E-state index in [2.05, 4.69) is 5.32 Å². The lowest BCUT2D eigenvalue weighted by atomic mass is 10.1. The van der Waals surface area contributed by atoms with Gasteiger partial charge in [-0.2, -0.15) is 0 Å². The average molecular weight is 319 g/mol. The molecular formula is C15H17N3O5. The van der Waals surface area contributed by atoms with Crippen molar-refractivity contribution >= 4 is 23.8 Å². The zero-order valence-electron chi connectivity index (χ0n) is 12.6. The summed E-state index contributed by atoms with van der Waals surface area (Å²) >= 11 is 0. The molecule has 0 atom stereocenters. The molecular weight excluding hydrogens is 302 g/mol. The number of phenolic OH excluding ortho intramolecular Hbond substituents is 1. The van der Waals surface area contributed by atoms with Crippen molar-refractivity contribution in [1.82, 2.24) is 15.1 Å². The number of carbonyl (C=O) groups is 4. The normalized spacial score (nSPS) is 14.8. The number of nitrogens with zero attached hydrogens (tertiary/aromatic N) is 2. The van der Waals surface area contributed by atoms with Gasteiger partial charge in [0, 0.05) is 19.6 Å². The number of urea groups is 1. The molecule has 8 nitrogen and oxygen atoms in total. The van der Waals surface area contributed by atoms with Gasteiger partial charge in [-0.25, -0.2) is 4.79 Å². The monoisotopic (exact) mass is 319 g/mol. The number of hydrogen-bond donors (Lipinski definition) is 2. The molecule has 1 fully saturated rings. The summed E-state index contributed by atoms with van der Waals surface area (Å²) in [5.74, 6) is -2.21. The number of rotatable bonds is 3. The summed E-state index contributed by atoms with van der Waals surface area (Å²) in [5, 5.41) is 11.3.